The molecular weight excluding hydrogens is 230 g/mol. The number of aromatic nitrogens is 2. The van der Waals surface area contributed by atoms with Crippen molar-refractivity contribution in [3.05, 3.63) is 17.2 Å². The zero-order valence-electron chi connectivity index (χ0n) is 11.2. The van der Waals surface area contributed by atoms with Crippen LogP contribution in [-0.4, -0.2) is 33.1 Å². The van der Waals surface area contributed by atoms with Gasteiger partial charge in [-0.2, -0.15) is 0 Å². The number of amides is 1. The second-order valence-corrected chi connectivity index (χ2v) is 5.72. The SMILES string of the molecule is Cc1nc2c([nH]1)CC(C(=O)NC(C)(C)CO)CC2. The predicted molar refractivity (Wildman–Crippen MR) is 68.1 cm³/mol. The van der Waals surface area contributed by atoms with E-state index in [4.69, 9.17) is 0 Å². The molecule has 0 spiro atoms. The minimum atomic E-state index is -0.554. The van der Waals surface area contributed by atoms with E-state index < -0.39 is 5.54 Å². The van der Waals surface area contributed by atoms with E-state index in [0.29, 0.717) is 6.42 Å². The van der Waals surface area contributed by atoms with Gasteiger partial charge in [0.15, 0.2) is 0 Å². The number of fused-ring (bicyclic) bond motifs is 1. The summed E-state index contributed by atoms with van der Waals surface area (Å²) in [6, 6.07) is 0. The summed E-state index contributed by atoms with van der Waals surface area (Å²) >= 11 is 0. The molecule has 1 unspecified atom stereocenters. The Hall–Kier alpha value is -1.36. The number of aromatic amines is 1. The first-order valence-electron chi connectivity index (χ1n) is 6.38. The van der Waals surface area contributed by atoms with E-state index in [0.717, 1.165) is 30.1 Å². The maximum absolute atomic E-state index is 12.1. The molecule has 1 atom stereocenters. The van der Waals surface area contributed by atoms with Gasteiger partial charge in [-0.15, -0.1) is 0 Å². The Balaban J connectivity index is 2.02. The van der Waals surface area contributed by atoms with E-state index in [2.05, 4.69) is 15.3 Å². The van der Waals surface area contributed by atoms with Gasteiger partial charge in [-0.05, 0) is 33.6 Å². The third-order valence-electron chi connectivity index (χ3n) is 3.39. The van der Waals surface area contributed by atoms with Crippen molar-refractivity contribution in [1.82, 2.24) is 15.3 Å². The summed E-state index contributed by atoms with van der Waals surface area (Å²) < 4.78 is 0. The van der Waals surface area contributed by atoms with Crippen molar-refractivity contribution in [3.63, 3.8) is 0 Å². The average Bonchev–Trinajstić information content (AvgIpc) is 2.67. The number of carbonyl (C=O) groups excluding carboxylic acids is 1. The van der Waals surface area contributed by atoms with Gasteiger partial charge in [0, 0.05) is 18.0 Å². The maximum Gasteiger partial charge on any atom is 0.224 e. The van der Waals surface area contributed by atoms with Crippen molar-refractivity contribution in [2.45, 2.75) is 45.6 Å². The van der Waals surface area contributed by atoms with Gasteiger partial charge in [0.05, 0.1) is 17.8 Å². The summed E-state index contributed by atoms with van der Waals surface area (Å²) in [5, 5.41) is 12.1. The van der Waals surface area contributed by atoms with Gasteiger partial charge in [0.2, 0.25) is 5.91 Å². The number of aliphatic hydroxyl groups is 1. The molecule has 1 aromatic rings. The highest BCUT2D eigenvalue weighted by Crippen LogP contribution is 2.24. The number of hydrogen-bond acceptors (Lipinski definition) is 3. The molecule has 2 rings (SSSR count). The van der Waals surface area contributed by atoms with E-state index in [1.165, 1.54) is 0 Å². The summed E-state index contributed by atoms with van der Waals surface area (Å²) in [4.78, 5) is 19.8. The first-order valence-corrected chi connectivity index (χ1v) is 6.38. The van der Waals surface area contributed by atoms with Crippen LogP contribution >= 0.6 is 0 Å². The number of imidazole rings is 1. The van der Waals surface area contributed by atoms with Crippen molar-refractivity contribution in [1.29, 1.82) is 0 Å². The number of rotatable bonds is 3. The van der Waals surface area contributed by atoms with Crippen LogP contribution in [0.3, 0.4) is 0 Å². The highest BCUT2D eigenvalue weighted by Gasteiger charge is 2.29. The molecule has 0 saturated carbocycles. The van der Waals surface area contributed by atoms with Gasteiger partial charge in [0.25, 0.3) is 0 Å². The Kier molecular flexibility index (Phi) is 3.43. The average molecular weight is 251 g/mol. The van der Waals surface area contributed by atoms with Crippen molar-refractivity contribution >= 4 is 5.91 Å². The molecule has 0 bridgehead atoms. The molecule has 5 heteroatoms. The van der Waals surface area contributed by atoms with Crippen LogP contribution in [0.5, 0.6) is 0 Å². The van der Waals surface area contributed by atoms with Crippen LogP contribution in [-0.2, 0) is 17.6 Å². The smallest absolute Gasteiger partial charge is 0.224 e. The van der Waals surface area contributed by atoms with E-state index in [1.54, 1.807) is 0 Å². The lowest BCUT2D eigenvalue weighted by Crippen LogP contribution is -2.49. The number of carbonyl (C=O) groups is 1. The zero-order valence-corrected chi connectivity index (χ0v) is 11.2. The molecule has 1 heterocycles. The number of aryl methyl sites for hydroxylation is 2. The van der Waals surface area contributed by atoms with Crippen LogP contribution in [0.15, 0.2) is 0 Å². The summed E-state index contributed by atoms with van der Waals surface area (Å²) in [6.45, 7) is 5.52. The van der Waals surface area contributed by atoms with Gasteiger partial charge in [-0.1, -0.05) is 0 Å². The van der Waals surface area contributed by atoms with Crippen LogP contribution in [0.1, 0.15) is 37.5 Å². The Morgan fingerprint density at radius 2 is 2.33 bits per heavy atom. The lowest BCUT2D eigenvalue weighted by Gasteiger charge is -2.28. The molecule has 1 aromatic heterocycles. The van der Waals surface area contributed by atoms with E-state index in [1.807, 2.05) is 20.8 Å². The fraction of sp³-hybridized carbons (Fsp3) is 0.692. The lowest BCUT2D eigenvalue weighted by molar-refractivity contribution is -0.127. The molecule has 3 N–H and O–H groups in total. The first-order chi connectivity index (χ1) is 8.41. The van der Waals surface area contributed by atoms with Gasteiger partial charge in [-0.3, -0.25) is 4.79 Å². The van der Waals surface area contributed by atoms with E-state index in [9.17, 15) is 9.90 Å². The predicted octanol–water partition coefficient (Wildman–Crippen LogP) is 0.710. The highest BCUT2D eigenvalue weighted by atomic mass is 16.3. The maximum atomic E-state index is 12.1. The van der Waals surface area contributed by atoms with Gasteiger partial charge in [0.1, 0.15) is 5.82 Å². The zero-order chi connectivity index (χ0) is 13.3. The van der Waals surface area contributed by atoms with Crippen molar-refractivity contribution in [3.8, 4) is 0 Å². The third kappa shape index (κ3) is 2.72. The van der Waals surface area contributed by atoms with Crippen LogP contribution in [0.2, 0.25) is 0 Å². The largest absolute Gasteiger partial charge is 0.394 e. The number of nitrogens with one attached hydrogen (secondary N) is 2. The number of nitrogens with zero attached hydrogens (tertiary/aromatic N) is 1. The summed E-state index contributed by atoms with van der Waals surface area (Å²) in [5.74, 6) is 0.909. The number of H-pyrrole nitrogens is 1. The van der Waals surface area contributed by atoms with Crippen LogP contribution in [0.25, 0.3) is 0 Å². The minimum Gasteiger partial charge on any atom is -0.394 e. The second kappa shape index (κ2) is 4.72. The van der Waals surface area contributed by atoms with Crippen molar-refractivity contribution < 1.29 is 9.90 Å². The molecular formula is C13H21N3O2. The monoisotopic (exact) mass is 251 g/mol. The van der Waals surface area contributed by atoms with Crippen LogP contribution in [0, 0.1) is 12.8 Å². The number of hydrogen-bond donors (Lipinski definition) is 3. The molecule has 0 aliphatic heterocycles. The first kappa shape index (κ1) is 13.1. The molecule has 18 heavy (non-hydrogen) atoms. The Morgan fingerprint density at radius 3 is 3.00 bits per heavy atom. The van der Waals surface area contributed by atoms with Crippen LogP contribution < -0.4 is 5.32 Å². The molecule has 1 aliphatic carbocycles. The molecule has 0 radical (unpaired) electrons. The number of aliphatic hydroxyl groups excluding tert-OH is 1. The molecule has 0 aromatic carbocycles. The molecule has 1 aliphatic rings. The topological polar surface area (TPSA) is 78.0 Å². The van der Waals surface area contributed by atoms with E-state index >= 15 is 0 Å². The summed E-state index contributed by atoms with van der Waals surface area (Å²) in [6.07, 6.45) is 2.38. The Bertz CT molecular complexity index is 451. The third-order valence-corrected chi connectivity index (χ3v) is 3.39. The fourth-order valence-electron chi connectivity index (χ4n) is 2.32. The lowest BCUT2D eigenvalue weighted by atomic mass is 9.88. The summed E-state index contributed by atoms with van der Waals surface area (Å²) in [5.41, 5.74) is 1.63. The molecule has 0 saturated heterocycles. The van der Waals surface area contributed by atoms with Crippen molar-refractivity contribution in [2.24, 2.45) is 5.92 Å². The quantitative estimate of drug-likeness (QED) is 0.740. The Morgan fingerprint density at radius 1 is 1.61 bits per heavy atom. The summed E-state index contributed by atoms with van der Waals surface area (Å²) in [7, 11) is 0. The van der Waals surface area contributed by atoms with E-state index in [-0.39, 0.29) is 18.4 Å². The molecule has 100 valence electrons. The normalized spacial score (nSPS) is 19.4. The molecule has 5 nitrogen and oxygen atoms in total. The van der Waals surface area contributed by atoms with Gasteiger partial charge < -0.3 is 15.4 Å². The Labute approximate surface area is 107 Å². The van der Waals surface area contributed by atoms with Crippen molar-refractivity contribution in [2.75, 3.05) is 6.61 Å². The van der Waals surface area contributed by atoms with Gasteiger partial charge in [-0.25, -0.2) is 4.98 Å². The van der Waals surface area contributed by atoms with Gasteiger partial charge >= 0.3 is 0 Å². The standard InChI is InChI=1S/C13H21N3O2/c1-8-14-10-5-4-9(6-11(10)15-8)12(18)16-13(2,3)7-17/h9,17H,4-7H2,1-3H3,(H,14,15)(H,16,18). The minimum absolute atomic E-state index is 0.0203. The highest BCUT2D eigenvalue weighted by molar-refractivity contribution is 5.80. The van der Waals surface area contributed by atoms with Crippen LogP contribution in [0.4, 0.5) is 0 Å². The second-order valence-electron chi connectivity index (χ2n) is 5.72. The molecule has 0 fully saturated rings. The fourth-order valence-corrected chi connectivity index (χ4v) is 2.32. The molecule has 1 amide bonds.